The van der Waals surface area contributed by atoms with Crippen molar-refractivity contribution >= 4 is 35.1 Å². The molecule has 0 saturated heterocycles. The van der Waals surface area contributed by atoms with Gasteiger partial charge < -0.3 is 4.90 Å². The van der Waals surface area contributed by atoms with E-state index in [-0.39, 0.29) is 5.91 Å². The third kappa shape index (κ3) is 4.19. The topological polar surface area (TPSA) is 20.3 Å². The molecule has 110 valence electrons. The molecule has 0 fully saturated rings. The van der Waals surface area contributed by atoms with Crippen LogP contribution in [0.4, 0.5) is 5.69 Å². The van der Waals surface area contributed by atoms with Gasteiger partial charge in [0.15, 0.2) is 0 Å². The summed E-state index contributed by atoms with van der Waals surface area (Å²) in [6.07, 6.45) is 1.06. The van der Waals surface area contributed by atoms with Gasteiger partial charge in [0.1, 0.15) is 0 Å². The average Bonchev–Trinajstić information content (AvgIpc) is 2.56. The lowest BCUT2D eigenvalue weighted by molar-refractivity contribution is -0.116. The second-order valence-electron chi connectivity index (χ2n) is 5.64. The molecule has 1 heterocycles. The molecular formula is C16H23NOS2. The Morgan fingerprint density at radius 3 is 2.95 bits per heavy atom. The third-order valence-electron chi connectivity index (χ3n) is 3.22. The number of carbonyl (C=O) groups is 1. The SMILES string of the molecule is CC(C)CSCC(=O)N1CCC(C)Sc2ccccc21. The van der Waals surface area contributed by atoms with E-state index < -0.39 is 0 Å². The van der Waals surface area contributed by atoms with Crippen LogP contribution in [0.1, 0.15) is 27.2 Å². The van der Waals surface area contributed by atoms with Crippen LogP contribution >= 0.6 is 23.5 Å². The van der Waals surface area contributed by atoms with E-state index in [0.29, 0.717) is 16.9 Å². The van der Waals surface area contributed by atoms with Crippen molar-refractivity contribution in [3.63, 3.8) is 0 Å². The number of fused-ring (bicyclic) bond motifs is 1. The van der Waals surface area contributed by atoms with Gasteiger partial charge in [0, 0.05) is 16.7 Å². The van der Waals surface area contributed by atoms with Crippen molar-refractivity contribution in [1.82, 2.24) is 0 Å². The Hall–Kier alpha value is -0.610. The van der Waals surface area contributed by atoms with Gasteiger partial charge in [-0.2, -0.15) is 11.8 Å². The zero-order valence-electron chi connectivity index (χ0n) is 12.5. The van der Waals surface area contributed by atoms with Gasteiger partial charge in [-0.1, -0.05) is 32.9 Å². The van der Waals surface area contributed by atoms with E-state index >= 15 is 0 Å². The molecule has 0 spiro atoms. The summed E-state index contributed by atoms with van der Waals surface area (Å²) < 4.78 is 0. The molecule has 1 amide bonds. The fraction of sp³-hybridized carbons (Fsp3) is 0.562. The van der Waals surface area contributed by atoms with Gasteiger partial charge in [-0.05, 0) is 30.2 Å². The van der Waals surface area contributed by atoms with E-state index in [1.807, 2.05) is 22.7 Å². The summed E-state index contributed by atoms with van der Waals surface area (Å²) in [4.78, 5) is 15.7. The highest BCUT2D eigenvalue weighted by atomic mass is 32.2. The summed E-state index contributed by atoms with van der Waals surface area (Å²) in [6, 6.07) is 8.28. The summed E-state index contributed by atoms with van der Waals surface area (Å²) in [5.41, 5.74) is 1.09. The van der Waals surface area contributed by atoms with Crippen LogP contribution in [0.5, 0.6) is 0 Å². The normalized spacial score (nSPS) is 18.8. The Kier molecular flexibility index (Phi) is 5.85. The Morgan fingerprint density at radius 2 is 2.20 bits per heavy atom. The second kappa shape index (κ2) is 7.41. The average molecular weight is 310 g/mol. The standard InChI is InChI=1S/C16H23NOS2/c1-12(2)10-19-11-16(18)17-9-8-13(3)20-15-7-5-4-6-14(15)17/h4-7,12-13H,8-11H2,1-3H3. The summed E-state index contributed by atoms with van der Waals surface area (Å²) >= 11 is 3.63. The van der Waals surface area contributed by atoms with Crippen molar-refractivity contribution < 1.29 is 4.79 Å². The highest BCUT2D eigenvalue weighted by molar-refractivity contribution is 8.00. The second-order valence-corrected chi connectivity index (χ2v) is 8.15. The molecule has 0 N–H and O–H groups in total. The molecule has 0 aromatic heterocycles. The fourth-order valence-corrected chi connectivity index (χ4v) is 4.24. The zero-order valence-corrected chi connectivity index (χ0v) is 14.1. The number of hydrogen-bond acceptors (Lipinski definition) is 3. The molecule has 0 bridgehead atoms. The molecule has 20 heavy (non-hydrogen) atoms. The number of anilines is 1. The molecule has 1 unspecified atom stereocenters. The van der Waals surface area contributed by atoms with Gasteiger partial charge in [0.25, 0.3) is 0 Å². The van der Waals surface area contributed by atoms with Crippen LogP contribution in [-0.2, 0) is 4.79 Å². The van der Waals surface area contributed by atoms with Crippen molar-refractivity contribution in [2.45, 2.75) is 37.3 Å². The minimum Gasteiger partial charge on any atom is -0.311 e. The molecule has 2 nitrogen and oxygen atoms in total. The first-order valence-corrected chi connectivity index (χ1v) is 9.25. The van der Waals surface area contributed by atoms with Crippen LogP contribution in [0, 0.1) is 5.92 Å². The fourth-order valence-electron chi connectivity index (χ4n) is 2.21. The van der Waals surface area contributed by atoms with E-state index in [0.717, 1.165) is 24.4 Å². The summed E-state index contributed by atoms with van der Waals surface area (Å²) in [5, 5.41) is 0.567. The molecule has 0 saturated carbocycles. The number of amides is 1. The maximum Gasteiger partial charge on any atom is 0.237 e. The number of rotatable bonds is 4. The number of carbonyl (C=O) groups excluding carboxylic acids is 1. The first-order valence-electron chi connectivity index (χ1n) is 7.21. The lowest BCUT2D eigenvalue weighted by Crippen LogP contribution is -2.33. The van der Waals surface area contributed by atoms with Crippen molar-refractivity contribution in [1.29, 1.82) is 0 Å². The van der Waals surface area contributed by atoms with Crippen LogP contribution in [0.15, 0.2) is 29.2 Å². The quantitative estimate of drug-likeness (QED) is 0.827. The number of nitrogens with zero attached hydrogens (tertiary/aromatic N) is 1. The first-order chi connectivity index (χ1) is 9.58. The lowest BCUT2D eigenvalue weighted by atomic mass is 10.2. The monoisotopic (exact) mass is 309 g/mol. The van der Waals surface area contributed by atoms with E-state index in [9.17, 15) is 4.79 Å². The largest absolute Gasteiger partial charge is 0.311 e. The van der Waals surface area contributed by atoms with Gasteiger partial charge in [-0.15, -0.1) is 11.8 Å². The van der Waals surface area contributed by atoms with Gasteiger partial charge in [0.05, 0.1) is 11.4 Å². The zero-order chi connectivity index (χ0) is 14.5. The number of benzene rings is 1. The minimum absolute atomic E-state index is 0.248. The predicted octanol–water partition coefficient (Wildman–Crippen LogP) is 4.29. The van der Waals surface area contributed by atoms with E-state index in [2.05, 4.69) is 39.0 Å². The van der Waals surface area contributed by atoms with Gasteiger partial charge in [0.2, 0.25) is 5.91 Å². The summed E-state index contributed by atoms with van der Waals surface area (Å²) in [5.74, 6) is 2.52. The molecule has 1 aliphatic rings. The smallest absolute Gasteiger partial charge is 0.237 e. The van der Waals surface area contributed by atoms with Gasteiger partial charge in [-0.25, -0.2) is 0 Å². The maximum atomic E-state index is 12.5. The molecule has 1 atom stereocenters. The minimum atomic E-state index is 0.248. The molecule has 1 aliphatic heterocycles. The predicted molar refractivity (Wildman–Crippen MR) is 90.9 cm³/mol. The van der Waals surface area contributed by atoms with Gasteiger partial charge in [-0.3, -0.25) is 4.79 Å². The van der Waals surface area contributed by atoms with Crippen LogP contribution < -0.4 is 4.90 Å². The van der Waals surface area contributed by atoms with Crippen molar-refractivity contribution in [3.05, 3.63) is 24.3 Å². The molecule has 4 heteroatoms. The Bertz CT molecular complexity index is 462. The molecule has 0 radical (unpaired) electrons. The maximum absolute atomic E-state index is 12.5. The van der Waals surface area contributed by atoms with E-state index in [1.54, 1.807) is 11.8 Å². The molecule has 1 aromatic rings. The number of thioether (sulfide) groups is 2. The van der Waals surface area contributed by atoms with E-state index in [1.165, 1.54) is 4.90 Å². The third-order valence-corrected chi connectivity index (χ3v) is 5.81. The van der Waals surface area contributed by atoms with Crippen molar-refractivity contribution in [3.8, 4) is 0 Å². The molecular weight excluding hydrogens is 286 g/mol. The first kappa shape index (κ1) is 15.8. The highest BCUT2D eigenvalue weighted by Crippen LogP contribution is 2.37. The van der Waals surface area contributed by atoms with E-state index in [4.69, 9.17) is 0 Å². The number of para-hydroxylation sites is 1. The lowest BCUT2D eigenvalue weighted by Gasteiger charge is -2.22. The summed E-state index contributed by atoms with van der Waals surface area (Å²) in [7, 11) is 0. The molecule has 1 aromatic carbocycles. The molecule has 2 rings (SSSR count). The Labute approximate surface area is 130 Å². The summed E-state index contributed by atoms with van der Waals surface area (Å²) in [6.45, 7) is 7.46. The Balaban J connectivity index is 2.09. The van der Waals surface area contributed by atoms with Crippen LogP contribution in [-0.4, -0.2) is 29.2 Å². The van der Waals surface area contributed by atoms with Crippen LogP contribution in [0.3, 0.4) is 0 Å². The van der Waals surface area contributed by atoms with Crippen LogP contribution in [0.25, 0.3) is 0 Å². The van der Waals surface area contributed by atoms with Crippen LogP contribution in [0.2, 0.25) is 0 Å². The molecule has 0 aliphatic carbocycles. The number of hydrogen-bond donors (Lipinski definition) is 0. The Morgan fingerprint density at radius 1 is 1.45 bits per heavy atom. The van der Waals surface area contributed by atoms with Gasteiger partial charge >= 0.3 is 0 Å². The highest BCUT2D eigenvalue weighted by Gasteiger charge is 2.23. The van der Waals surface area contributed by atoms with Crippen molar-refractivity contribution in [2.24, 2.45) is 5.92 Å². The van der Waals surface area contributed by atoms with Crippen molar-refractivity contribution in [2.75, 3.05) is 23.0 Å².